The lowest BCUT2D eigenvalue weighted by atomic mass is 10.3. The third-order valence-electron chi connectivity index (χ3n) is 2.05. The molecule has 0 spiro atoms. The van der Waals surface area contributed by atoms with Gasteiger partial charge in [0.25, 0.3) is 0 Å². The molecule has 0 saturated carbocycles. The van der Waals surface area contributed by atoms with Crippen LogP contribution < -0.4 is 10.0 Å². The van der Waals surface area contributed by atoms with Gasteiger partial charge in [-0.2, -0.15) is 0 Å². The van der Waals surface area contributed by atoms with Crippen molar-refractivity contribution in [3.05, 3.63) is 28.5 Å². The second kappa shape index (κ2) is 8.06. The summed E-state index contributed by atoms with van der Waals surface area (Å²) in [5, 5.41) is 2.97. The summed E-state index contributed by atoms with van der Waals surface area (Å²) in [6.45, 7) is 3.41. The molecule has 0 aromatic heterocycles. The zero-order valence-electron chi connectivity index (χ0n) is 9.74. The maximum Gasteiger partial charge on any atom is 0.243 e. The van der Waals surface area contributed by atoms with Crippen molar-refractivity contribution >= 4 is 38.4 Å². The highest BCUT2D eigenvalue weighted by molar-refractivity contribution is 9.10. The highest BCUT2D eigenvalue weighted by atomic mass is 79.9. The number of hydrogen-bond acceptors (Lipinski definition) is 3. The summed E-state index contributed by atoms with van der Waals surface area (Å²) in [6, 6.07) is 4.16. The van der Waals surface area contributed by atoms with Crippen molar-refractivity contribution in [1.29, 1.82) is 0 Å². The summed E-state index contributed by atoms with van der Waals surface area (Å²) in [5.41, 5.74) is 0. The molecule has 0 radical (unpaired) electrons. The van der Waals surface area contributed by atoms with Crippen molar-refractivity contribution < 1.29 is 12.8 Å². The number of rotatable bonds is 6. The molecule has 4 nitrogen and oxygen atoms in total. The van der Waals surface area contributed by atoms with Gasteiger partial charge >= 0.3 is 0 Å². The lowest BCUT2D eigenvalue weighted by molar-refractivity contribution is 0.552. The molecule has 0 heterocycles. The van der Waals surface area contributed by atoms with Crippen LogP contribution in [0.5, 0.6) is 0 Å². The fourth-order valence-corrected chi connectivity index (χ4v) is 2.85. The van der Waals surface area contributed by atoms with Gasteiger partial charge in [0, 0.05) is 13.1 Å². The maximum absolute atomic E-state index is 13.6. The molecule has 0 aliphatic carbocycles. The van der Waals surface area contributed by atoms with Crippen molar-refractivity contribution in [3.63, 3.8) is 0 Å². The van der Waals surface area contributed by atoms with Gasteiger partial charge in [-0.05, 0) is 34.6 Å². The van der Waals surface area contributed by atoms with Crippen LogP contribution in [0, 0.1) is 5.82 Å². The normalized spacial score (nSPS) is 11.1. The Morgan fingerprint density at radius 2 is 2.00 bits per heavy atom. The predicted molar refractivity (Wildman–Crippen MR) is 75.1 cm³/mol. The van der Waals surface area contributed by atoms with Crippen molar-refractivity contribution in [2.45, 2.75) is 11.8 Å². The summed E-state index contributed by atoms with van der Waals surface area (Å²) < 4.78 is 39.6. The van der Waals surface area contributed by atoms with Gasteiger partial charge in [-0.1, -0.05) is 13.0 Å². The molecule has 0 atom stereocenters. The summed E-state index contributed by atoms with van der Waals surface area (Å²) in [4.78, 5) is -0.344. The van der Waals surface area contributed by atoms with Gasteiger partial charge in [-0.25, -0.2) is 17.5 Å². The molecule has 0 bridgehead atoms. The average Bonchev–Trinajstić information content (AvgIpc) is 2.28. The first-order valence-electron chi connectivity index (χ1n) is 5.13. The molecule has 0 saturated heterocycles. The Hall–Kier alpha value is -0.210. The monoisotopic (exact) mass is 360 g/mol. The average molecular weight is 362 g/mol. The number of halogens is 3. The minimum absolute atomic E-state index is 0. The largest absolute Gasteiger partial charge is 0.316 e. The van der Waals surface area contributed by atoms with Crippen LogP contribution >= 0.6 is 28.3 Å². The second-order valence-corrected chi connectivity index (χ2v) is 5.89. The van der Waals surface area contributed by atoms with Crippen molar-refractivity contribution in [1.82, 2.24) is 10.0 Å². The van der Waals surface area contributed by atoms with Crippen LogP contribution in [-0.2, 0) is 10.0 Å². The Morgan fingerprint density at radius 1 is 1.33 bits per heavy atom. The SMILES string of the molecule is CCNCCNS(=O)(=O)c1cccc(Br)c1F.Cl. The first kappa shape index (κ1) is 17.8. The molecule has 1 aromatic rings. The van der Waals surface area contributed by atoms with Gasteiger partial charge in [0.2, 0.25) is 10.0 Å². The molecule has 18 heavy (non-hydrogen) atoms. The van der Waals surface area contributed by atoms with Crippen LogP contribution in [0.2, 0.25) is 0 Å². The second-order valence-electron chi connectivity index (χ2n) is 3.30. The quantitative estimate of drug-likeness (QED) is 0.761. The van der Waals surface area contributed by atoms with E-state index in [0.717, 1.165) is 6.54 Å². The third kappa shape index (κ3) is 4.81. The molecule has 0 fully saturated rings. The first-order chi connectivity index (χ1) is 7.99. The molecular weight excluding hydrogens is 347 g/mol. The lowest BCUT2D eigenvalue weighted by Gasteiger charge is -2.08. The van der Waals surface area contributed by atoms with Crippen molar-refractivity contribution in [2.24, 2.45) is 0 Å². The maximum atomic E-state index is 13.6. The number of sulfonamides is 1. The Kier molecular flexibility index (Phi) is 7.97. The van der Waals surface area contributed by atoms with Crippen LogP contribution in [-0.4, -0.2) is 28.1 Å². The topological polar surface area (TPSA) is 58.2 Å². The minimum atomic E-state index is -3.79. The van der Waals surface area contributed by atoms with Gasteiger partial charge < -0.3 is 5.32 Å². The van der Waals surface area contributed by atoms with Gasteiger partial charge in [0.1, 0.15) is 4.90 Å². The molecule has 1 rings (SSSR count). The van der Waals surface area contributed by atoms with E-state index in [1.54, 1.807) is 0 Å². The minimum Gasteiger partial charge on any atom is -0.316 e. The number of benzene rings is 1. The predicted octanol–water partition coefficient (Wildman–Crippen LogP) is 1.90. The molecule has 104 valence electrons. The fourth-order valence-electron chi connectivity index (χ4n) is 1.22. The Labute approximate surface area is 121 Å². The number of hydrogen-bond donors (Lipinski definition) is 2. The molecule has 0 amide bonds. The van der Waals surface area contributed by atoms with E-state index in [1.807, 2.05) is 6.92 Å². The van der Waals surface area contributed by atoms with Gasteiger partial charge in [-0.3, -0.25) is 0 Å². The van der Waals surface area contributed by atoms with E-state index in [-0.39, 0.29) is 28.3 Å². The lowest BCUT2D eigenvalue weighted by Crippen LogP contribution is -2.32. The smallest absolute Gasteiger partial charge is 0.243 e. The first-order valence-corrected chi connectivity index (χ1v) is 7.41. The van der Waals surface area contributed by atoms with Gasteiger partial charge in [0.15, 0.2) is 5.82 Å². The van der Waals surface area contributed by atoms with Crippen LogP contribution in [0.15, 0.2) is 27.6 Å². The van der Waals surface area contributed by atoms with Crippen LogP contribution in [0.4, 0.5) is 4.39 Å². The van der Waals surface area contributed by atoms with E-state index in [1.165, 1.54) is 18.2 Å². The molecular formula is C10H15BrClFN2O2S. The van der Waals surface area contributed by atoms with Crippen LogP contribution in [0.1, 0.15) is 6.92 Å². The third-order valence-corrected chi connectivity index (χ3v) is 4.14. The summed E-state index contributed by atoms with van der Waals surface area (Å²) >= 11 is 2.95. The standard InChI is InChI=1S/C10H14BrFN2O2S.ClH/c1-2-13-6-7-14-17(15,16)9-5-3-4-8(11)10(9)12;/h3-5,13-14H,2,6-7H2,1H3;1H. The summed E-state index contributed by atoms with van der Waals surface area (Å²) in [7, 11) is -3.79. The van der Waals surface area contributed by atoms with E-state index in [9.17, 15) is 12.8 Å². The zero-order valence-corrected chi connectivity index (χ0v) is 13.0. The van der Waals surface area contributed by atoms with E-state index in [0.29, 0.717) is 6.54 Å². The Morgan fingerprint density at radius 3 is 2.61 bits per heavy atom. The zero-order chi connectivity index (χ0) is 12.9. The van der Waals surface area contributed by atoms with Crippen molar-refractivity contribution in [3.8, 4) is 0 Å². The van der Waals surface area contributed by atoms with Gasteiger partial charge in [-0.15, -0.1) is 12.4 Å². The van der Waals surface area contributed by atoms with E-state index in [2.05, 4.69) is 26.0 Å². The van der Waals surface area contributed by atoms with Crippen LogP contribution in [0.3, 0.4) is 0 Å². The number of likely N-dealkylation sites (N-methyl/N-ethyl adjacent to an activating group) is 1. The highest BCUT2D eigenvalue weighted by Gasteiger charge is 2.19. The summed E-state index contributed by atoms with van der Waals surface area (Å²) in [6.07, 6.45) is 0. The Balaban J connectivity index is 0.00000289. The summed E-state index contributed by atoms with van der Waals surface area (Å²) in [5.74, 6) is -0.775. The van der Waals surface area contributed by atoms with E-state index < -0.39 is 15.8 Å². The molecule has 2 N–H and O–H groups in total. The van der Waals surface area contributed by atoms with E-state index in [4.69, 9.17) is 0 Å². The van der Waals surface area contributed by atoms with Crippen molar-refractivity contribution in [2.75, 3.05) is 19.6 Å². The van der Waals surface area contributed by atoms with Gasteiger partial charge in [0.05, 0.1) is 4.47 Å². The molecule has 8 heteroatoms. The van der Waals surface area contributed by atoms with E-state index >= 15 is 0 Å². The highest BCUT2D eigenvalue weighted by Crippen LogP contribution is 2.21. The molecule has 0 aliphatic heterocycles. The number of nitrogens with one attached hydrogen (secondary N) is 2. The molecule has 0 unspecified atom stereocenters. The molecule has 0 aliphatic rings. The Bertz CT molecular complexity index is 485. The van der Waals surface area contributed by atoms with Crippen LogP contribution in [0.25, 0.3) is 0 Å². The fraction of sp³-hybridized carbons (Fsp3) is 0.400. The molecule has 1 aromatic carbocycles.